The fourth-order valence-electron chi connectivity index (χ4n) is 7.71. The van der Waals surface area contributed by atoms with Crippen LogP contribution in [-0.2, 0) is 53.4 Å². The van der Waals surface area contributed by atoms with E-state index in [4.69, 9.17) is 9.47 Å². The van der Waals surface area contributed by atoms with Gasteiger partial charge in [0.15, 0.2) is 0 Å². The van der Waals surface area contributed by atoms with E-state index in [-0.39, 0.29) is 25.0 Å². The number of fused-ring (bicyclic) bond motifs is 3. The summed E-state index contributed by atoms with van der Waals surface area (Å²) in [7, 11) is -3.96. The van der Waals surface area contributed by atoms with Gasteiger partial charge in [0.1, 0.15) is 23.7 Å². The van der Waals surface area contributed by atoms with Gasteiger partial charge in [-0.2, -0.15) is 0 Å². The van der Waals surface area contributed by atoms with Crippen LogP contribution in [0.5, 0.6) is 0 Å². The molecule has 2 aliphatic carbocycles. The van der Waals surface area contributed by atoms with Crippen molar-refractivity contribution in [1.82, 2.24) is 25.2 Å². The van der Waals surface area contributed by atoms with E-state index in [2.05, 4.69) is 28.0 Å². The normalized spacial score (nSPS) is 28.9. The van der Waals surface area contributed by atoms with Gasteiger partial charge in [-0.3, -0.25) is 24.0 Å². The summed E-state index contributed by atoms with van der Waals surface area (Å²) in [5.41, 5.74) is 0.336. The summed E-state index contributed by atoms with van der Waals surface area (Å²) < 4.78 is 39.3. The zero-order valence-corrected chi connectivity index (χ0v) is 32.6. The van der Waals surface area contributed by atoms with Gasteiger partial charge < -0.3 is 25.0 Å². The van der Waals surface area contributed by atoms with Crippen molar-refractivity contribution in [2.24, 2.45) is 16.7 Å². The number of benzene rings is 1. The number of carbonyl (C=O) groups is 5. The Kier molecular flexibility index (Phi) is 10.7. The summed E-state index contributed by atoms with van der Waals surface area (Å²) in [5.74, 6) is -3.04. The maximum absolute atomic E-state index is 14.5. The number of ether oxygens (including phenoxy) is 2. The minimum Gasteiger partial charge on any atom is -0.449 e. The Morgan fingerprint density at radius 1 is 1.07 bits per heavy atom. The number of carbonyl (C=O) groups excluding carboxylic acids is 5. The lowest BCUT2D eigenvalue weighted by atomic mass is 9.73. The fourth-order valence-corrected chi connectivity index (χ4v) is 9.06. The molecule has 1 aromatic carbocycles. The van der Waals surface area contributed by atoms with Crippen molar-refractivity contribution in [2.45, 2.75) is 122 Å². The summed E-state index contributed by atoms with van der Waals surface area (Å²) in [6.45, 7) is 13.8. The minimum atomic E-state index is -3.96. The average molecular weight is 768 g/mol. The molecule has 5 aliphatic rings. The summed E-state index contributed by atoms with van der Waals surface area (Å²) in [6, 6.07) is 3.67. The second-order valence-corrected chi connectivity index (χ2v) is 19.2. The number of hydrogen-bond donors (Lipinski definition) is 3. The quantitative estimate of drug-likeness (QED) is 0.363. The molecule has 0 radical (unpaired) electrons. The highest BCUT2D eigenvalue weighted by Gasteiger charge is 2.54. The first-order chi connectivity index (χ1) is 25.3. The highest BCUT2D eigenvalue weighted by molar-refractivity contribution is 7.91. The minimum absolute atomic E-state index is 0.106. The Morgan fingerprint density at radius 3 is 2.44 bits per heavy atom. The molecule has 1 aromatic rings. The lowest BCUT2D eigenvalue weighted by molar-refractivity contribution is -0.143. The van der Waals surface area contributed by atoms with Crippen LogP contribution >= 0.6 is 0 Å². The molecule has 0 aromatic heterocycles. The van der Waals surface area contributed by atoms with E-state index in [1.807, 2.05) is 26.0 Å². The number of rotatable bonds is 6. The van der Waals surface area contributed by atoms with Crippen molar-refractivity contribution in [1.29, 1.82) is 0 Å². The van der Waals surface area contributed by atoms with E-state index in [0.29, 0.717) is 25.9 Å². The molecule has 15 heteroatoms. The molecule has 54 heavy (non-hydrogen) atoms. The first kappa shape index (κ1) is 39.3. The van der Waals surface area contributed by atoms with Crippen LogP contribution in [0.4, 0.5) is 9.59 Å². The summed E-state index contributed by atoms with van der Waals surface area (Å²) >= 11 is 0. The third-order valence-electron chi connectivity index (χ3n) is 11.2. The van der Waals surface area contributed by atoms with Crippen LogP contribution in [-0.4, -0.2) is 90.3 Å². The maximum Gasteiger partial charge on any atom is 0.410 e. The number of nitrogens with zero attached hydrogens (tertiary/aromatic N) is 2. The number of cyclic esters (lactones) is 1. The van der Waals surface area contributed by atoms with Crippen molar-refractivity contribution >= 4 is 39.9 Å². The van der Waals surface area contributed by atoms with Gasteiger partial charge in [0.05, 0.1) is 18.4 Å². The van der Waals surface area contributed by atoms with Gasteiger partial charge in [-0.15, -0.1) is 6.58 Å². The molecule has 4 bridgehead atoms. The zero-order chi connectivity index (χ0) is 39.2. The van der Waals surface area contributed by atoms with Gasteiger partial charge in [0.2, 0.25) is 21.8 Å². The van der Waals surface area contributed by atoms with Gasteiger partial charge in [-0.05, 0) is 59.6 Å². The zero-order valence-electron chi connectivity index (χ0n) is 31.8. The van der Waals surface area contributed by atoms with E-state index >= 15 is 0 Å². The number of hydrogen-bond acceptors (Lipinski definition) is 9. The van der Waals surface area contributed by atoms with Crippen molar-refractivity contribution in [3.8, 4) is 0 Å². The van der Waals surface area contributed by atoms with Crippen molar-refractivity contribution in [2.75, 3.05) is 13.2 Å². The third kappa shape index (κ3) is 8.15. The topological polar surface area (TPSA) is 181 Å². The SMILES string of the molecule is C=C[C@@H]1C=C[C@]1(NC(=O)[C@@H]1C[C@@H]2CN1C(=O)[C@H](C(C)(C)C)NC(=O)OCC(C)(C)CCCCc1cccc3c1CN(C3)C(=O)O2)C(=O)NS(=O)(=O)C1CC1. The summed E-state index contributed by atoms with van der Waals surface area (Å²) in [5, 5.41) is 4.79. The molecule has 3 N–H and O–H groups in total. The maximum atomic E-state index is 14.5. The Hall–Kier alpha value is -4.40. The first-order valence-corrected chi connectivity index (χ1v) is 20.4. The van der Waals surface area contributed by atoms with Crippen LogP contribution < -0.4 is 15.4 Å². The molecule has 1 saturated heterocycles. The van der Waals surface area contributed by atoms with E-state index in [1.165, 1.54) is 22.6 Å². The molecule has 5 atom stereocenters. The number of aryl methyl sites for hydroxylation is 1. The molecule has 1 saturated carbocycles. The van der Waals surface area contributed by atoms with Gasteiger partial charge in [0.25, 0.3) is 5.91 Å². The Balaban J connectivity index is 1.30. The van der Waals surface area contributed by atoms with Crippen molar-refractivity contribution < 1.29 is 41.9 Å². The molecule has 294 valence electrons. The smallest absolute Gasteiger partial charge is 0.410 e. The second kappa shape index (κ2) is 14.7. The van der Waals surface area contributed by atoms with Crippen LogP contribution in [0.2, 0.25) is 0 Å². The van der Waals surface area contributed by atoms with E-state index in [0.717, 1.165) is 36.8 Å². The summed E-state index contributed by atoms with van der Waals surface area (Å²) in [6.07, 6.45) is 6.38. The van der Waals surface area contributed by atoms with E-state index < -0.39 is 80.2 Å². The highest BCUT2D eigenvalue weighted by Crippen LogP contribution is 2.36. The van der Waals surface area contributed by atoms with Crippen LogP contribution in [0, 0.1) is 16.7 Å². The number of amides is 5. The van der Waals surface area contributed by atoms with Crippen LogP contribution in [0.1, 0.15) is 89.8 Å². The van der Waals surface area contributed by atoms with Crippen molar-refractivity contribution in [3.63, 3.8) is 0 Å². The molecule has 6 rings (SSSR count). The second-order valence-electron chi connectivity index (χ2n) is 17.2. The van der Waals surface area contributed by atoms with Crippen LogP contribution in [0.25, 0.3) is 0 Å². The molecule has 5 amide bonds. The molecular weight excluding hydrogens is 715 g/mol. The Labute approximate surface area is 317 Å². The third-order valence-corrected chi connectivity index (χ3v) is 13.0. The molecule has 14 nitrogen and oxygen atoms in total. The van der Waals surface area contributed by atoms with Crippen LogP contribution in [0.3, 0.4) is 0 Å². The lowest BCUT2D eigenvalue weighted by Gasteiger charge is -2.42. The monoisotopic (exact) mass is 767 g/mol. The number of alkyl carbamates (subject to hydrolysis) is 1. The fraction of sp³-hybridized carbons (Fsp3) is 0.615. The first-order valence-electron chi connectivity index (χ1n) is 18.8. The Bertz CT molecular complexity index is 1850. The van der Waals surface area contributed by atoms with Crippen LogP contribution in [0.15, 0.2) is 43.0 Å². The molecule has 2 fully saturated rings. The standard InChI is InChI=1S/C39H53N5O9S/c1-7-26-16-18-39(26,34(47)42-54(50,51)28-14-15-28)41-32(45)30-19-27-21-44(30)33(46)31(37(2,3)4)40-35(48)52-23-38(5,6)17-9-8-11-24-12-10-13-25-20-43(22-29(24)25)36(49)53-27/h7,10,12-13,16,18,26-28,30-31H,1,8-9,11,14-15,17,19-23H2,2-6H3,(H,40,48)(H,41,45)(H,42,47)/t26-,27-,30+,31-,39-/m1/s1. The van der Waals surface area contributed by atoms with E-state index in [1.54, 1.807) is 31.7 Å². The van der Waals surface area contributed by atoms with E-state index in [9.17, 15) is 32.4 Å². The highest BCUT2D eigenvalue weighted by atomic mass is 32.2. The molecule has 0 spiro atoms. The van der Waals surface area contributed by atoms with Gasteiger partial charge in [-0.25, -0.2) is 18.0 Å². The summed E-state index contributed by atoms with van der Waals surface area (Å²) in [4.78, 5) is 72.3. The molecule has 0 unspecified atom stereocenters. The van der Waals surface area contributed by atoms with Crippen molar-refractivity contribution in [3.05, 3.63) is 59.7 Å². The number of nitrogens with one attached hydrogen (secondary N) is 3. The largest absolute Gasteiger partial charge is 0.449 e. The predicted octanol–water partition coefficient (Wildman–Crippen LogP) is 3.84. The lowest BCUT2D eigenvalue weighted by Crippen LogP contribution is -2.67. The predicted molar refractivity (Wildman–Crippen MR) is 199 cm³/mol. The van der Waals surface area contributed by atoms with Gasteiger partial charge in [0, 0.05) is 25.4 Å². The molecule has 3 heterocycles. The van der Waals surface area contributed by atoms with Gasteiger partial charge >= 0.3 is 12.2 Å². The molecule has 3 aliphatic heterocycles. The van der Waals surface area contributed by atoms with Gasteiger partial charge in [-0.1, -0.05) is 77.5 Å². The number of sulfonamides is 1. The molecular formula is C39H53N5O9S. The Morgan fingerprint density at radius 2 is 1.80 bits per heavy atom. The average Bonchev–Trinajstić information content (AvgIpc) is 3.73.